The predicted molar refractivity (Wildman–Crippen MR) is 156 cm³/mol. The highest BCUT2D eigenvalue weighted by Gasteiger charge is 2.32. The third-order valence-electron chi connectivity index (χ3n) is 6.64. The van der Waals surface area contributed by atoms with E-state index in [1.165, 1.54) is 0 Å². The van der Waals surface area contributed by atoms with Crippen LogP contribution in [0.2, 0.25) is 5.02 Å². The van der Waals surface area contributed by atoms with Gasteiger partial charge in [0.05, 0.1) is 0 Å². The second-order valence-corrected chi connectivity index (χ2v) is 11.9. The van der Waals surface area contributed by atoms with E-state index < -0.39 is 6.04 Å². The Morgan fingerprint density at radius 3 is 2.30 bits per heavy atom. The average Bonchev–Trinajstić information content (AvgIpc) is 3.42. The molecule has 0 radical (unpaired) electrons. The zero-order valence-electron chi connectivity index (χ0n) is 20.7. The molecular formula is C30H32BrClN2O2S. The first-order valence-electron chi connectivity index (χ1n) is 12.7. The Hall–Kier alpha value is -2.28. The fourth-order valence-corrected chi connectivity index (χ4v) is 5.87. The van der Waals surface area contributed by atoms with Crippen LogP contribution in [-0.4, -0.2) is 34.6 Å². The van der Waals surface area contributed by atoms with Gasteiger partial charge in [0.2, 0.25) is 11.8 Å². The lowest BCUT2D eigenvalue weighted by atomic mass is 10.0. The van der Waals surface area contributed by atoms with Crippen molar-refractivity contribution in [2.45, 2.75) is 62.0 Å². The molecule has 2 amide bonds. The minimum atomic E-state index is -0.584. The van der Waals surface area contributed by atoms with Crippen molar-refractivity contribution in [2.75, 3.05) is 5.75 Å². The molecular weight excluding hydrogens is 568 g/mol. The van der Waals surface area contributed by atoms with Crippen LogP contribution in [-0.2, 0) is 22.6 Å². The van der Waals surface area contributed by atoms with E-state index >= 15 is 0 Å². The van der Waals surface area contributed by atoms with Crippen LogP contribution in [0.3, 0.4) is 0 Å². The first-order valence-corrected chi connectivity index (χ1v) is 14.9. The van der Waals surface area contributed by atoms with Gasteiger partial charge in [-0.15, -0.1) is 11.8 Å². The smallest absolute Gasteiger partial charge is 0.243 e. The number of carbonyl (C=O) groups is 2. The largest absolute Gasteiger partial charge is 0.352 e. The summed E-state index contributed by atoms with van der Waals surface area (Å²) in [7, 11) is 0. The Morgan fingerprint density at radius 1 is 0.946 bits per heavy atom. The highest BCUT2D eigenvalue weighted by atomic mass is 79.9. The molecule has 4 nitrogen and oxygen atoms in total. The van der Waals surface area contributed by atoms with Gasteiger partial charge in [0.25, 0.3) is 0 Å². The molecule has 37 heavy (non-hydrogen) atoms. The van der Waals surface area contributed by atoms with Gasteiger partial charge in [-0.3, -0.25) is 9.59 Å². The second-order valence-electron chi connectivity index (χ2n) is 9.40. The van der Waals surface area contributed by atoms with Gasteiger partial charge >= 0.3 is 0 Å². The van der Waals surface area contributed by atoms with Crippen LogP contribution in [0, 0.1) is 0 Å². The van der Waals surface area contributed by atoms with Crippen molar-refractivity contribution < 1.29 is 9.59 Å². The van der Waals surface area contributed by atoms with Crippen LogP contribution in [0.25, 0.3) is 0 Å². The molecule has 0 bridgehead atoms. The summed E-state index contributed by atoms with van der Waals surface area (Å²) in [6.07, 6.45) is 5.09. The van der Waals surface area contributed by atoms with Crippen LogP contribution in [0.4, 0.5) is 0 Å². The first-order chi connectivity index (χ1) is 18.0. The molecule has 0 heterocycles. The Labute approximate surface area is 237 Å². The molecule has 7 heteroatoms. The van der Waals surface area contributed by atoms with E-state index in [4.69, 9.17) is 11.6 Å². The van der Waals surface area contributed by atoms with Crippen LogP contribution in [0.5, 0.6) is 0 Å². The maximum Gasteiger partial charge on any atom is 0.243 e. The highest BCUT2D eigenvalue weighted by Crippen LogP contribution is 2.24. The van der Waals surface area contributed by atoms with Crippen LogP contribution in [0.15, 0.2) is 88.2 Å². The maximum absolute atomic E-state index is 13.7. The summed E-state index contributed by atoms with van der Waals surface area (Å²) in [5.74, 6) is 0.540. The van der Waals surface area contributed by atoms with Gasteiger partial charge < -0.3 is 10.2 Å². The summed E-state index contributed by atoms with van der Waals surface area (Å²) in [4.78, 5) is 30.3. The summed E-state index contributed by atoms with van der Waals surface area (Å²) in [6, 6.07) is 25.2. The van der Waals surface area contributed by atoms with E-state index in [-0.39, 0.29) is 17.9 Å². The molecule has 3 aromatic rings. The third-order valence-corrected chi connectivity index (χ3v) is 8.43. The van der Waals surface area contributed by atoms with Gasteiger partial charge in [-0.25, -0.2) is 0 Å². The van der Waals surface area contributed by atoms with E-state index in [1.54, 1.807) is 16.7 Å². The van der Waals surface area contributed by atoms with E-state index in [0.29, 0.717) is 30.2 Å². The number of nitrogens with one attached hydrogen (secondary N) is 1. The van der Waals surface area contributed by atoms with Crippen molar-refractivity contribution in [1.82, 2.24) is 10.2 Å². The fraction of sp³-hybridized carbons (Fsp3) is 0.333. The quantitative estimate of drug-likeness (QED) is 0.236. The Balaban J connectivity index is 1.55. The number of nitrogens with zero attached hydrogens (tertiary/aromatic N) is 1. The Kier molecular flexibility index (Phi) is 10.5. The summed E-state index contributed by atoms with van der Waals surface area (Å²) in [5.41, 5.74) is 2.03. The van der Waals surface area contributed by atoms with Crippen molar-refractivity contribution >= 4 is 51.1 Å². The predicted octanol–water partition coefficient (Wildman–Crippen LogP) is 7.28. The summed E-state index contributed by atoms with van der Waals surface area (Å²) < 4.78 is 0.980. The van der Waals surface area contributed by atoms with Crippen molar-refractivity contribution in [3.63, 3.8) is 0 Å². The zero-order valence-corrected chi connectivity index (χ0v) is 23.9. The number of hydrogen-bond donors (Lipinski definition) is 1. The molecule has 0 aromatic heterocycles. The number of carbonyl (C=O) groups excluding carboxylic acids is 2. The lowest BCUT2D eigenvalue weighted by Crippen LogP contribution is -2.52. The number of benzene rings is 3. The summed E-state index contributed by atoms with van der Waals surface area (Å²) in [5, 5.41) is 3.95. The van der Waals surface area contributed by atoms with Gasteiger partial charge in [-0.05, 0) is 60.4 Å². The van der Waals surface area contributed by atoms with Gasteiger partial charge in [-0.1, -0.05) is 82.8 Å². The van der Waals surface area contributed by atoms with E-state index in [0.717, 1.165) is 46.2 Å². The molecule has 3 aromatic carbocycles. The number of hydrogen-bond acceptors (Lipinski definition) is 3. The zero-order chi connectivity index (χ0) is 26.0. The van der Waals surface area contributed by atoms with Crippen molar-refractivity contribution in [3.8, 4) is 0 Å². The van der Waals surface area contributed by atoms with Gasteiger partial charge in [-0.2, -0.15) is 0 Å². The molecule has 0 saturated heterocycles. The molecule has 1 saturated carbocycles. The first kappa shape index (κ1) is 27.7. The van der Waals surface area contributed by atoms with Crippen LogP contribution in [0.1, 0.15) is 43.2 Å². The SMILES string of the molecule is O=C(NC1CCCC1)[C@@H](Cc1ccccc1)N(Cc1ccc(Br)cc1)C(=O)CCSc1ccc(Cl)cc1. The molecule has 1 aliphatic carbocycles. The summed E-state index contributed by atoms with van der Waals surface area (Å²) >= 11 is 11.1. The number of rotatable bonds is 11. The van der Waals surface area contributed by atoms with Crippen LogP contribution >= 0.6 is 39.3 Å². The molecule has 1 fully saturated rings. The standard InChI is InChI=1S/C30H32BrClN2O2S/c31-24-12-10-23(11-13-24)21-34(29(35)18-19-37-27-16-14-25(32)15-17-27)28(20-22-6-2-1-3-7-22)30(36)33-26-8-4-5-9-26/h1-3,6-7,10-17,26,28H,4-5,8-9,18-21H2,(H,33,36)/t28-/m1/s1. The third kappa shape index (κ3) is 8.62. The van der Waals surface area contributed by atoms with Gasteiger partial charge in [0, 0.05) is 45.6 Å². The normalized spacial score (nSPS) is 14.3. The molecule has 4 rings (SSSR count). The van der Waals surface area contributed by atoms with Gasteiger partial charge in [0.15, 0.2) is 0 Å². The second kappa shape index (κ2) is 14.0. The monoisotopic (exact) mass is 598 g/mol. The van der Waals surface area contributed by atoms with Crippen molar-refractivity contribution in [3.05, 3.63) is 99.5 Å². The van der Waals surface area contributed by atoms with E-state index in [9.17, 15) is 9.59 Å². The van der Waals surface area contributed by atoms with Crippen LogP contribution < -0.4 is 5.32 Å². The van der Waals surface area contributed by atoms with E-state index in [2.05, 4.69) is 21.2 Å². The Bertz CT molecular complexity index is 1150. The number of thioether (sulfide) groups is 1. The molecule has 1 N–H and O–H groups in total. The minimum absolute atomic E-state index is 0.0214. The Morgan fingerprint density at radius 2 is 1.62 bits per heavy atom. The van der Waals surface area contributed by atoms with Crippen molar-refractivity contribution in [2.24, 2.45) is 0 Å². The molecule has 1 aliphatic rings. The molecule has 1 atom stereocenters. The lowest BCUT2D eigenvalue weighted by Gasteiger charge is -2.32. The maximum atomic E-state index is 13.7. The molecule has 0 aliphatic heterocycles. The lowest BCUT2D eigenvalue weighted by molar-refractivity contribution is -0.141. The van der Waals surface area contributed by atoms with Gasteiger partial charge in [0.1, 0.15) is 6.04 Å². The highest BCUT2D eigenvalue weighted by molar-refractivity contribution is 9.10. The van der Waals surface area contributed by atoms with Crippen molar-refractivity contribution in [1.29, 1.82) is 0 Å². The average molecular weight is 600 g/mol. The molecule has 194 valence electrons. The molecule has 0 unspecified atom stereocenters. The number of amides is 2. The minimum Gasteiger partial charge on any atom is -0.352 e. The molecule has 0 spiro atoms. The van der Waals surface area contributed by atoms with E-state index in [1.807, 2.05) is 78.9 Å². The topological polar surface area (TPSA) is 49.4 Å². The summed E-state index contributed by atoms with van der Waals surface area (Å²) in [6.45, 7) is 0.382. The fourth-order valence-electron chi connectivity index (χ4n) is 4.64. The number of halogens is 2.